The Kier molecular flexibility index (Phi) is 14.0. The van der Waals surface area contributed by atoms with Crippen LogP contribution in [-0.4, -0.2) is 28.2 Å². The Morgan fingerprint density at radius 3 is 1.57 bits per heavy atom. The molecule has 0 amide bonds. The van der Waals surface area contributed by atoms with Gasteiger partial charge in [0.1, 0.15) is 0 Å². The number of nitrogens with zero attached hydrogens (tertiary/aromatic N) is 1. The molecule has 0 heterocycles. The monoisotopic (exact) mass is 406 g/mol. The van der Waals surface area contributed by atoms with Crippen LogP contribution in [0.15, 0.2) is 0 Å². The van der Waals surface area contributed by atoms with Gasteiger partial charge in [0, 0.05) is 22.6 Å². The third-order valence-corrected chi connectivity index (χ3v) is 6.20. The van der Waals surface area contributed by atoms with Crippen molar-refractivity contribution in [2.45, 2.75) is 89.0 Å². The molecule has 0 rings (SSSR count). The number of alkyl halides is 1. The third-order valence-electron chi connectivity index (χ3n) is 4.66. The molecular weight excluding hydrogens is 369 g/mol. The molecule has 0 fully saturated rings. The molecule has 0 radical (unpaired) electrons. The van der Waals surface area contributed by atoms with Crippen molar-refractivity contribution in [3.63, 3.8) is 0 Å². The van der Waals surface area contributed by atoms with Crippen molar-refractivity contribution < 1.29 is 4.48 Å². The maximum absolute atomic E-state index is 5.76. The Morgan fingerprint density at radius 1 is 0.810 bits per heavy atom. The van der Waals surface area contributed by atoms with Crippen LogP contribution in [0.3, 0.4) is 0 Å². The molecule has 0 aromatic rings. The van der Waals surface area contributed by atoms with Gasteiger partial charge >= 0.3 is 0 Å². The zero-order valence-electron chi connectivity index (χ0n) is 14.7. The Labute approximate surface area is 148 Å². The second-order valence-electron chi connectivity index (χ2n) is 6.31. The smallest absolute Gasteiger partial charge is 0.200 e. The quantitative estimate of drug-likeness (QED) is 0.0810. The normalized spacial score (nSPS) is 13.1. The molecule has 0 aliphatic carbocycles. The molecule has 124 valence electrons. The molecule has 0 aliphatic heterocycles. The van der Waals surface area contributed by atoms with Crippen molar-refractivity contribution in [2.24, 2.45) is 0 Å². The van der Waals surface area contributed by atoms with E-state index in [0.717, 1.165) is 4.48 Å². The third kappa shape index (κ3) is 9.08. The zero-order chi connectivity index (χ0) is 16.0. The van der Waals surface area contributed by atoms with Gasteiger partial charge in [-0.25, -0.2) is 0 Å². The lowest BCUT2D eigenvalue weighted by atomic mass is 10.1. The van der Waals surface area contributed by atoms with E-state index in [1.165, 1.54) is 83.8 Å². The average Bonchev–Trinajstić information content (AvgIpc) is 2.52. The maximum atomic E-state index is 5.76. The van der Waals surface area contributed by atoms with Gasteiger partial charge in [0.2, 0.25) is 4.05 Å². The summed E-state index contributed by atoms with van der Waals surface area (Å²) in [5.41, 5.74) is 0. The van der Waals surface area contributed by atoms with Crippen molar-refractivity contribution in [2.75, 3.05) is 19.6 Å². The topological polar surface area (TPSA) is 0 Å². The number of halogens is 1. The second kappa shape index (κ2) is 13.9. The lowest BCUT2D eigenvalue weighted by Crippen LogP contribution is -2.53. The number of terminal acetylenes is 1. The highest BCUT2D eigenvalue weighted by Gasteiger charge is 2.31. The molecule has 0 N–H and O–H groups in total. The van der Waals surface area contributed by atoms with Gasteiger partial charge in [-0.05, 0) is 38.5 Å². The summed E-state index contributed by atoms with van der Waals surface area (Å²) < 4.78 is 1.47. The van der Waals surface area contributed by atoms with Crippen LogP contribution in [-0.2, 0) is 0 Å². The van der Waals surface area contributed by atoms with Crippen molar-refractivity contribution in [1.29, 1.82) is 0 Å². The summed E-state index contributed by atoms with van der Waals surface area (Å²) in [5.74, 6) is 3.02. The highest BCUT2D eigenvalue weighted by Crippen LogP contribution is 2.23. The molecule has 0 saturated heterocycles. The summed E-state index contributed by atoms with van der Waals surface area (Å²) in [6.45, 7) is 10.6. The minimum absolute atomic E-state index is 0.338. The number of hydrogen-bond donors (Lipinski definition) is 0. The van der Waals surface area contributed by atoms with Crippen molar-refractivity contribution in [1.82, 2.24) is 0 Å². The van der Waals surface area contributed by atoms with E-state index in [2.05, 4.69) is 49.3 Å². The number of quaternary nitrogens is 1. The van der Waals surface area contributed by atoms with E-state index < -0.39 is 0 Å². The van der Waals surface area contributed by atoms with E-state index in [4.69, 9.17) is 6.42 Å². The molecule has 0 saturated carbocycles. The van der Waals surface area contributed by atoms with Gasteiger partial charge < -0.3 is 4.48 Å². The average molecular weight is 406 g/mol. The first-order chi connectivity index (χ1) is 10.2. The van der Waals surface area contributed by atoms with Gasteiger partial charge in [0.15, 0.2) is 0 Å². The van der Waals surface area contributed by atoms with Gasteiger partial charge in [-0.2, -0.15) is 0 Å². The predicted octanol–water partition coefficient (Wildman–Crippen LogP) is 6.16. The molecule has 0 spiro atoms. The number of unbranched alkanes of at least 4 members (excludes halogenated alkanes) is 8. The van der Waals surface area contributed by atoms with Gasteiger partial charge in [0.05, 0.1) is 19.6 Å². The lowest BCUT2D eigenvalue weighted by Gasteiger charge is -2.40. The van der Waals surface area contributed by atoms with Crippen LogP contribution >= 0.6 is 22.6 Å². The van der Waals surface area contributed by atoms with Crippen LogP contribution in [0.25, 0.3) is 0 Å². The fourth-order valence-electron chi connectivity index (χ4n) is 3.03. The highest BCUT2D eigenvalue weighted by atomic mass is 127. The fourth-order valence-corrected chi connectivity index (χ4v) is 3.98. The Hall–Kier alpha value is 0.250. The predicted molar refractivity (Wildman–Crippen MR) is 105 cm³/mol. The second-order valence-corrected chi connectivity index (χ2v) is 7.49. The van der Waals surface area contributed by atoms with Gasteiger partial charge in [0.25, 0.3) is 0 Å². The molecule has 0 bridgehead atoms. The summed E-state index contributed by atoms with van der Waals surface area (Å²) in [6, 6.07) is 0. The van der Waals surface area contributed by atoms with E-state index >= 15 is 0 Å². The molecule has 0 aromatic heterocycles. The summed E-state index contributed by atoms with van der Waals surface area (Å²) in [4.78, 5) is 0. The van der Waals surface area contributed by atoms with Crippen LogP contribution in [0.2, 0.25) is 0 Å². The van der Waals surface area contributed by atoms with Crippen LogP contribution in [0, 0.1) is 12.3 Å². The van der Waals surface area contributed by atoms with Crippen LogP contribution in [0.4, 0.5) is 0 Å². The minimum atomic E-state index is 0.338. The standard InChI is InChI=1S/C19H37IN/c1-5-9-11-13-15-17-21(8-4,19(20)7-3)18-16-14-12-10-6-2/h3,19H,5-6,8-18H2,1-2,4H3/q+1. The van der Waals surface area contributed by atoms with Crippen LogP contribution in [0.1, 0.15) is 85.0 Å². The van der Waals surface area contributed by atoms with E-state index in [1.54, 1.807) is 0 Å². The first-order valence-electron chi connectivity index (χ1n) is 9.12. The van der Waals surface area contributed by atoms with E-state index in [9.17, 15) is 0 Å². The van der Waals surface area contributed by atoms with Crippen molar-refractivity contribution >= 4 is 22.6 Å². The summed E-state index contributed by atoms with van der Waals surface area (Å²) in [7, 11) is 0. The molecule has 0 aliphatic rings. The van der Waals surface area contributed by atoms with E-state index in [-0.39, 0.29) is 0 Å². The summed E-state index contributed by atoms with van der Waals surface area (Å²) >= 11 is 2.49. The highest BCUT2D eigenvalue weighted by molar-refractivity contribution is 14.1. The molecule has 2 heteroatoms. The largest absolute Gasteiger partial charge is 0.303 e. The molecule has 1 nitrogen and oxygen atoms in total. The molecule has 1 unspecified atom stereocenters. The molecular formula is C19H37IN+. The minimum Gasteiger partial charge on any atom is -0.303 e. The SMILES string of the molecule is C#CC(I)[N+](CC)(CCCCCCC)CCCCCCC. The first-order valence-corrected chi connectivity index (χ1v) is 10.4. The van der Waals surface area contributed by atoms with Crippen molar-refractivity contribution in [3.8, 4) is 12.3 Å². The number of hydrogen-bond acceptors (Lipinski definition) is 0. The van der Waals surface area contributed by atoms with Crippen molar-refractivity contribution in [3.05, 3.63) is 0 Å². The van der Waals surface area contributed by atoms with Crippen LogP contribution in [0.5, 0.6) is 0 Å². The zero-order valence-corrected chi connectivity index (χ0v) is 16.8. The van der Waals surface area contributed by atoms with E-state index in [0.29, 0.717) is 4.05 Å². The molecule has 0 aromatic carbocycles. The Morgan fingerprint density at radius 2 is 1.24 bits per heavy atom. The summed E-state index contributed by atoms with van der Waals surface area (Å²) in [6.07, 6.45) is 19.4. The summed E-state index contributed by atoms with van der Waals surface area (Å²) in [5, 5.41) is 0. The van der Waals surface area contributed by atoms with E-state index in [1.807, 2.05) is 0 Å². The van der Waals surface area contributed by atoms with Gasteiger partial charge in [-0.15, -0.1) is 6.42 Å². The Balaban J connectivity index is 4.30. The fraction of sp³-hybridized carbons (Fsp3) is 0.895. The Bertz CT molecular complexity index is 255. The van der Waals surface area contributed by atoms with Gasteiger partial charge in [-0.1, -0.05) is 52.4 Å². The lowest BCUT2D eigenvalue weighted by molar-refractivity contribution is -0.925. The first kappa shape index (κ1) is 21.2. The maximum Gasteiger partial charge on any atom is 0.200 e. The number of rotatable bonds is 14. The molecule has 1 atom stereocenters. The molecule has 21 heavy (non-hydrogen) atoms. The van der Waals surface area contributed by atoms with Crippen LogP contribution < -0.4 is 0 Å². The van der Waals surface area contributed by atoms with Gasteiger partial charge in [-0.3, -0.25) is 0 Å².